The van der Waals surface area contributed by atoms with Crippen molar-refractivity contribution in [2.45, 2.75) is 20.3 Å². The number of hydrogen-bond donors (Lipinski definition) is 1. The predicted octanol–water partition coefficient (Wildman–Crippen LogP) is 2.74. The lowest BCUT2D eigenvalue weighted by atomic mass is 10.2. The number of halogens is 1. The highest BCUT2D eigenvalue weighted by Gasteiger charge is 2.32. The van der Waals surface area contributed by atoms with Gasteiger partial charge < -0.3 is 5.11 Å². The Morgan fingerprint density at radius 3 is 2.56 bits per heavy atom. The first-order valence-corrected chi connectivity index (χ1v) is 5.81. The monoisotopic (exact) mass is 265 g/mol. The largest absolute Gasteiger partial charge is 0.478 e. The molecule has 0 fully saturated rings. The molecular weight excluding hydrogens is 254 g/mol. The zero-order valence-electron chi connectivity index (χ0n) is 10.0. The second kappa shape index (κ2) is 4.46. The van der Waals surface area contributed by atoms with Gasteiger partial charge in [0.25, 0.3) is 0 Å². The van der Waals surface area contributed by atoms with Crippen molar-refractivity contribution >= 4 is 29.2 Å². The number of carbonyl (C=O) groups is 2. The van der Waals surface area contributed by atoms with E-state index in [1.165, 1.54) is 4.90 Å². The van der Waals surface area contributed by atoms with Gasteiger partial charge in [0.1, 0.15) is 0 Å². The highest BCUT2D eigenvalue weighted by Crippen LogP contribution is 2.32. The van der Waals surface area contributed by atoms with E-state index < -0.39 is 5.97 Å². The highest BCUT2D eigenvalue weighted by atomic mass is 35.5. The average molecular weight is 266 g/mol. The van der Waals surface area contributed by atoms with E-state index in [1.807, 2.05) is 6.92 Å². The normalized spacial score (nSPS) is 15.5. The molecule has 1 aromatic rings. The Morgan fingerprint density at radius 2 is 2.06 bits per heavy atom. The third-order valence-electron chi connectivity index (χ3n) is 3.02. The number of benzene rings is 1. The molecule has 94 valence electrons. The van der Waals surface area contributed by atoms with Gasteiger partial charge in [-0.05, 0) is 31.5 Å². The van der Waals surface area contributed by atoms with Crippen LogP contribution in [0.15, 0.2) is 29.5 Å². The smallest absolute Gasteiger partial charge is 0.333 e. The van der Waals surface area contributed by atoms with Gasteiger partial charge in [-0.25, -0.2) is 4.79 Å². The number of carbonyl (C=O) groups excluding carboxylic acids is 1. The highest BCUT2D eigenvalue weighted by molar-refractivity contribution is 6.31. The van der Waals surface area contributed by atoms with Gasteiger partial charge in [0.2, 0.25) is 5.91 Å². The van der Waals surface area contributed by atoms with E-state index in [0.29, 0.717) is 16.4 Å². The lowest BCUT2D eigenvalue weighted by molar-refractivity contribution is -0.133. The summed E-state index contributed by atoms with van der Waals surface area (Å²) in [5, 5.41) is 9.55. The van der Waals surface area contributed by atoms with Gasteiger partial charge in [-0.1, -0.05) is 17.7 Å². The molecule has 1 aromatic carbocycles. The number of allylic oxidation sites excluding steroid dienone is 1. The third-order valence-corrected chi connectivity index (χ3v) is 3.43. The molecule has 0 spiro atoms. The fourth-order valence-electron chi connectivity index (χ4n) is 1.97. The Kier molecular flexibility index (Phi) is 3.13. The van der Waals surface area contributed by atoms with Crippen molar-refractivity contribution < 1.29 is 14.7 Å². The van der Waals surface area contributed by atoms with Crippen molar-refractivity contribution in [1.29, 1.82) is 0 Å². The number of amides is 1. The molecule has 18 heavy (non-hydrogen) atoms. The zero-order chi connectivity index (χ0) is 13.4. The average Bonchev–Trinajstić information content (AvgIpc) is 2.59. The summed E-state index contributed by atoms with van der Waals surface area (Å²) in [5.74, 6) is -1.30. The molecule has 1 heterocycles. The van der Waals surface area contributed by atoms with Crippen LogP contribution in [0.5, 0.6) is 0 Å². The lowest BCUT2D eigenvalue weighted by Crippen LogP contribution is -2.23. The molecule has 5 heteroatoms. The van der Waals surface area contributed by atoms with Crippen LogP contribution in [-0.4, -0.2) is 17.0 Å². The Bertz CT molecular complexity index is 578. The molecule has 0 radical (unpaired) electrons. The molecule has 0 bridgehead atoms. The van der Waals surface area contributed by atoms with E-state index in [1.54, 1.807) is 25.1 Å². The number of hydrogen-bond acceptors (Lipinski definition) is 2. The molecule has 0 atom stereocenters. The van der Waals surface area contributed by atoms with Gasteiger partial charge in [-0.2, -0.15) is 0 Å². The molecule has 4 nitrogen and oxygen atoms in total. The second-order valence-corrected chi connectivity index (χ2v) is 4.62. The summed E-state index contributed by atoms with van der Waals surface area (Å²) < 4.78 is 0. The molecule has 0 saturated heterocycles. The molecule has 2 rings (SSSR count). The summed E-state index contributed by atoms with van der Waals surface area (Å²) >= 11 is 6.02. The van der Waals surface area contributed by atoms with E-state index in [2.05, 4.69) is 0 Å². The van der Waals surface area contributed by atoms with E-state index in [0.717, 1.165) is 5.56 Å². The van der Waals surface area contributed by atoms with Crippen LogP contribution in [0.3, 0.4) is 0 Å². The first kappa shape index (κ1) is 12.6. The number of aryl methyl sites for hydroxylation is 1. The van der Waals surface area contributed by atoms with Crippen LogP contribution in [0.4, 0.5) is 5.69 Å². The van der Waals surface area contributed by atoms with E-state index in [4.69, 9.17) is 16.7 Å². The molecule has 0 aliphatic carbocycles. The van der Waals surface area contributed by atoms with Crippen LogP contribution in [0.25, 0.3) is 0 Å². The zero-order valence-corrected chi connectivity index (χ0v) is 10.8. The maximum Gasteiger partial charge on any atom is 0.333 e. The summed E-state index contributed by atoms with van der Waals surface area (Å²) in [6, 6.07) is 5.23. The molecular formula is C13H12ClNO3. The fraction of sp³-hybridized carbons (Fsp3) is 0.231. The standard InChI is InChI=1S/C13H12ClNO3/c1-7-3-4-9(5-11(7)14)15-8(2)10(13(17)18)6-12(15)16/h3-5H,6H2,1-2H3,(H,17,18). The molecule has 0 aromatic heterocycles. The minimum absolute atomic E-state index is 0.0767. The Balaban J connectivity index is 2.47. The molecule has 1 amide bonds. The van der Waals surface area contributed by atoms with E-state index >= 15 is 0 Å². The van der Waals surface area contributed by atoms with E-state index in [-0.39, 0.29) is 17.9 Å². The minimum atomic E-state index is -1.05. The lowest BCUT2D eigenvalue weighted by Gasteiger charge is -2.18. The predicted molar refractivity (Wildman–Crippen MR) is 68.6 cm³/mol. The van der Waals surface area contributed by atoms with Crippen molar-refractivity contribution in [1.82, 2.24) is 0 Å². The summed E-state index contributed by atoms with van der Waals surface area (Å²) in [4.78, 5) is 24.3. The SMILES string of the molecule is CC1=C(C(=O)O)CC(=O)N1c1ccc(C)c(Cl)c1. The van der Waals surface area contributed by atoms with Gasteiger partial charge in [0.05, 0.1) is 17.7 Å². The molecule has 1 aliphatic heterocycles. The summed E-state index contributed by atoms with van der Waals surface area (Å²) in [7, 11) is 0. The van der Waals surface area contributed by atoms with Crippen LogP contribution < -0.4 is 4.90 Å². The van der Waals surface area contributed by atoms with E-state index in [9.17, 15) is 9.59 Å². The van der Waals surface area contributed by atoms with Gasteiger partial charge in [-0.3, -0.25) is 9.69 Å². The second-order valence-electron chi connectivity index (χ2n) is 4.21. The number of rotatable bonds is 2. The quantitative estimate of drug-likeness (QED) is 0.894. The first-order chi connectivity index (χ1) is 8.41. The summed E-state index contributed by atoms with van der Waals surface area (Å²) in [6.07, 6.45) is -0.0767. The maximum absolute atomic E-state index is 11.9. The number of carboxylic acids is 1. The molecule has 0 unspecified atom stereocenters. The van der Waals surface area contributed by atoms with Crippen molar-refractivity contribution in [3.05, 3.63) is 40.1 Å². The maximum atomic E-state index is 11.9. The summed E-state index contributed by atoms with van der Waals surface area (Å²) in [5.41, 5.74) is 2.10. The number of anilines is 1. The first-order valence-electron chi connectivity index (χ1n) is 5.44. The summed E-state index contributed by atoms with van der Waals surface area (Å²) in [6.45, 7) is 3.49. The van der Waals surface area contributed by atoms with Gasteiger partial charge in [-0.15, -0.1) is 0 Å². The molecule has 0 saturated carbocycles. The molecule has 1 N–H and O–H groups in total. The Labute approximate surface area is 109 Å². The number of aliphatic carboxylic acids is 1. The Morgan fingerprint density at radius 1 is 1.39 bits per heavy atom. The van der Waals surface area contributed by atoms with Gasteiger partial charge in [0, 0.05) is 10.7 Å². The van der Waals surface area contributed by atoms with Crippen molar-refractivity contribution in [3.63, 3.8) is 0 Å². The number of carboxylic acid groups (broad SMARTS) is 1. The molecule has 1 aliphatic rings. The van der Waals surface area contributed by atoms with Crippen LogP contribution in [0, 0.1) is 6.92 Å². The van der Waals surface area contributed by atoms with Crippen LogP contribution >= 0.6 is 11.6 Å². The van der Waals surface area contributed by atoms with Gasteiger partial charge in [0.15, 0.2) is 0 Å². The Hall–Kier alpha value is -1.81. The third kappa shape index (κ3) is 1.99. The fourth-order valence-corrected chi connectivity index (χ4v) is 2.14. The topological polar surface area (TPSA) is 57.6 Å². The minimum Gasteiger partial charge on any atom is -0.478 e. The van der Waals surface area contributed by atoms with Gasteiger partial charge >= 0.3 is 5.97 Å². The number of nitrogens with zero attached hydrogens (tertiary/aromatic N) is 1. The van der Waals surface area contributed by atoms with Crippen LogP contribution in [0.2, 0.25) is 5.02 Å². The van der Waals surface area contributed by atoms with Crippen LogP contribution in [-0.2, 0) is 9.59 Å². The van der Waals surface area contributed by atoms with Crippen molar-refractivity contribution in [2.24, 2.45) is 0 Å². The van der Waals surface area contributed by atoms with Crippen LogP contribution in [0.1, 0.15) is 18.9 Å². The van der Waals surface area contributed by atoms with Crippen molar-refractivity contribution in [2.75, 3.05) is 4.90 Å². The van der Waals surface area contributed by atoms with Crippen molar-refractivity contribution in [3.8, 4) is 0 Å².